The summed E-state index contributed by atoms with van der Waals surface area (Å²) in [5, 5.41) is 9.27. The fourth-order valence-electron chi connectivity index (χ4n) is 1.32. The lowest BCUT2D eigenvalue weighted by Crippen LogP contribution is -1.89. The van der Waals surface area contributed by atoms with Crippen LogP contribution in [0.1, 0.15) is 0 Å². The van der Waals surface area contributed by atoms with Crippen LogP contribution in [0.15, 0.2) is 54.6 Å². The van der Waals surface area contributed by atoms with Gasteiger partial charge in [-0.15, -0.1) is 0 Å². The Morgan fingerprint density at radius 3 is 1.78 bits per heavy atom. The normalized spacial score (nSPS) is 10.3. The van der Waals surface area contributed by atoms with E-state index in [1.807, 2.05) is 42.5 Å². The molecule has 2 aromatic rings. The van der Waals surface area contributed by atoms with Crippen LogP contribution in [0.4, 0.5) is 0 Å². The summed E-state index contributed by atoms with van der Waals surface area (Å²) in [5.74, 6) is 0.307. The Balaban J connectivity index is 0.000000280. The Morgan fingerprint density at radius 2 is 1.28 bits per heavy atom. The van der Waals surface area contributed by atoms with Crippen LogP contribution >= 0.6 is 0 Å². The zero-order valence-corrected chi connectivity index (χ0v) is 10.1. The Kier molecular flexibility index (Phi) is 4.85. The van der Waals surface area contributed by atoms with E-state index in [0.717, 1.165) is 11.1 Å². The van der Waals surface area contributed by atoms with Crippen LogP contribution in [0.5, 0.6) is 5.75 Å². The molecule has 0 aliphatic heterocycles. The van der Waals surface area contributed by atoms with Crippen LogP contribution in [-0.2, 0) is 10.4 Å². The summed E-state index contributed by atoms with van der Waals surface area (Å²) < 4.78 is 31.6. The van der Waals surface area contributed by atoms with Crippen molar-refractivity contribution in [3.63, 3.8) is 0 Å². The molecule has 2 aromatic carbocycles. The topological polar surface area (TPSA) is 94.8 Å². The Hall–Kier alpha value is -1.89. The molecule has 0 unspecified atom stereocenters. The molecule has 3 N–H and O–H groups in total. The zero-order chi connectivity index (χ0) is 13.6. The van der Waals surface area contributed by atoms with E-state index >= 15 is 0 Å². The molecule has 0 radical (unpaired) electrons. The van der Waals surface area contributed by atoms with Gasteiger partial charge in [-0.25, -0.2) is 0 Å². The number of rotatable bonds is 1. The van der Waals surface area contributed by atoms with Gasteiger partial charge in [0.25, 0.3) is 0 Å². The van der Waals surface area contributed by atoms with Gasteiger partial charge in [-0.1, -0.05) is 42.5 Å². The quantitative estimate of drug-likeness (QED) is 0.690. The summed E-state index contributed by atoms with van der Waals surface area (Å²) in [7, 11) is -4.67. The summed E-state index contributed by atoms with van der Waals surface area (Å²) in [4.78, 5) is 0. The Morgan fingerprint density at radius 1 is 0.778 bits per heavy atom. The molecule has 0 heterocycles. The molecular weight excluding hydrogens is 256 g/mol. The predicted molar refractivity (Wildman–Crippen MR) is 67.7 cm³/mol. The van der Waals surface area contributed by atoms with Crippen LogP contribution in [0.2, 0.25) is 0 Å². The van der Waals surface area contributed by atoms with Gasteiger partial charge >= 0.3 is 10.4 Å². The predicted octanol–water partition coefficient (Wildman–Crippen LogP) is 2.41. The van der Waals surface area contributed by atoms with Crippen LogP contribution in [-0.4, -0.2) is 22.6 Å². The average Bonchev–Trinajstić information content (AvgIpc) is 2.28. The molecule has 0 saturated carbocycles. The lowest BCUT2D eigenvalue weighted by atomic mass is 10.1. The number of phenols is 1. The summed E-state index contributed by atoms with van der Waals surface area (Å²) in [6.07, 6.45) is 0. The van der Waals surface area contributed by atoms with E-state index in [0.29, 0.717) is 5.75 Å². The molecule has 0 amide bonds. The van der Waals surface area contributed by atoms with Crippen LogP contribution in [0.25, 0.3) is 11.1 Å². The second kappa shape index (κ2) is 6.15. The third-order valence-corrected chi connectivity index (χ3v) is 1.95. The molecule has 5 nitrogen and oxygen atoms in total. The minimum absolute atomic E-state index is 0.307. The van der Waals surface area contributed by atoms with Crippen molar-refractivity contribution in [2.45, 2.75) is 0 Å². The molecule has 0 aliphatic rings. The summed E-state index contributed by atoms with van der Waals surface area (Å²) in [6.45, 7) is 0. The van der Waals surface area contributed by atoms with Gasteiger partial charge in [0.1, 0.15) is 5.75 Å². The Bertz CT molecular complexity index is 585. The van der Waals surface area contributed by atoms with E-state index in [9.17, 15) is 5.11 Å². The van der Waals surface area contributed by atoms with Gasteiger partial charge in [0.05, 0.1) is 0 Å². The minimum Gasteiger partial charge on any atom is -0.508 e. The molecule has 96 valence electrons. The molecule has 2 rings (SSSR count). The van der Waals surface area contributed by atoms with Crippen molar-refractivity contribution >= 4 is 10.4 Å². The van der Waals surface area contributed by atoms with Gasteiger partial charge in [0.15, 0.2) is 0 Å². The Labute approximate surface area is 105 Å². The second-order valence-corrected chi connectivity index (χ2v) is 4.26. The van der Waals surface area contributed by atoms with E-state index in [1.54, 1.807) is 12.1 Å². The molecular formula is C12H12O5S. The SMILES string of the molecule is O=S(=O)(O)O.Oc1cccc(-c2ccccc2)c1. The first-order chi connectivity index (χ1) is 8.36. The third-order valence-electron chi connectivity index (χ3n) is 1.95. The summed E-state index contributed by atoms with van der Waals surface area (Å²) >= 11 is 0. The maximum Gasteiger partial charge on any atom is 0.394 e. The second-order valence-electron chi connectivity index (χ2n) is 3.36. The highest BCUT2D eigenvalue weighted by Gasteiger charge is 1.95. The number of hydrogen-bond donors (Lipinski definition) is 3. The molecule has 0 bridgehead atoms. The van der Waals surface area contributed by atoms with Crippen LogP contribution in [0.3, 0.4) is 0 Å². The van der Waals surface area contributed by atoms with Crippen molar-refractivity contribution in [1.29, 1.82) is 0 Å². The van der Waals surface area contributed by atoms with E-state index in [1.165, 1.54) is 0 Å². The first-order valence-electron chi connectivity index (χ1n) is 4.90. The van der Waals surface area contributed by atoms with Gasteiger partial charge < -0.3 is 5.11 Å². The van der Waals surface area contributed by atoms with Crippen molar-refractivity contribution in [3.05, 3.63) is 54.6 Å². The van der Waals surface area contributed by atoms with Gasteiger partial charge in [0.2, 0.25) is 0 Å². The van der Waals surface area contributed by atoms with Crippen LogP contribution < -0.4 is 0 Å². The molecule has 0 saturated heterocycles. The van der Waals surface area contributed by atoms with Gasteiger partial charge in [-0.2, -0.15) is 8.42 Å². The van der Waals surface area contributed by atoms with Crippen molar-refractivity contribution < 1.29 is 22.6 Å². The number of hydrogen-bond acceptors (Lipinski definition) is 3. The van der Waals surface area contributed by atoms with Gasteiger partial charge in [0, 0.05) is 0 Å². The molecule has 0 aromatic heterocycles. The number of aromatic hydroxyl groups is 1. The lowest BCUT2D eigenvalue weighted by Gasteiger charge is -2.00. The summed E-state index contributed by atoms with van der Waals surface area (Å²) in [6, 6.07) is 17.3. The molecule has 0 atom stereocenters. The van der Waals surface area contributed by atoms with Crippen molar-refractivity contribution in [2.75, 3.05) is 0 Å². The molecule has 0 fully saturated rings. The number of phenolic OH excluding ortho intramolecular Hbond substituents is 1. The standard InChI is InChI=1S/C12H10O.H2O4S/c13-12-8-4-7-11(9-12)10-5-2-1-3-6-10;1-5(2,3)4/h1-9,13H;(H2,1,2,3,4). The van der Waals surface area contributed by atoms with Gasteiger partial charge in [-0.3, -0.25) is 9.11 Å². The number of benzene rings is 2. The average molecular weight is 268 g/mol. The smallest absolute Gasteiger partial charge is 0.394 e. The monoisotopic (exact) mass is 268 g/mol. The van der Waals surface area contributed by atoms with Crippen LogP contribution in [0, 0.1) is 0 Å². The molecule has 0 spiro atoms. The highest BCUT2D eigenvalue weighted by Crippen LogP contribution is 2.22. The third kappa shape index (κ3) is 6.00. The van der Waals surface area contributed by atoms with Crippen molar-refractivity contribution in [1.82, 2.24) is 0 Å². The summed E-state index contributed by atoms with van der Waals surface area (Å²) in [5.41, 5.74) is 2.17. The van der Waals surface area contributed by atoms with E-state index in [-0.39, 0.29) is 0 Å². The maximum atomic E-state index is 9.27. The lowest BCUT2D eigenvalue weighted by molar-refractivity contribution is 0.381. The van der Waals surface area contributed by atoms with Gasteiger partial charge in [-0.05, 0) is 23.3 Å². The molecule has 0 aliphatic carbocycles. The van der Waals surface area contributed by atoms with E-state index in [4.69, 9.17) is 17.5 Å². The fourth-order valence-corrected chi connectivity index (χ4v) is 1.32. The highest BCUT2D eigenvalue weighted by molar-refractivity contribution is 7.79. The zero-order valence-electron chi connectivity index (χ0n) is 9.26. The largest absolute Gasteiger partial charge is 0.508 e. The van der Waals surface area contributed by atoms with E-state index in [2.05, 4.69) is 0 Å². The molecule has 18 heavy (non-hydrogen) atoms. The van der Waals surface area contributed by atoms with Crippen molar-refractivity contribution in [2.24, 2.45) is 0 Å². The first kappa shape index (κ1) is 14.2. The maximum absolute atomic E-state index is 9.27. The first-order valence-corrected chi connectivity index (χ1v) is 6.30. The molecule has 6 heteroatoms. The highest BCUT2D eigenvalue weighted by atomic mass is 32.3. The van der Waals surface area contributed by atoms with E-state index < -0.39 is 10.4 Å². The fraction of sp³-hybridized carbons (Fsp3) is 0. The van der Waals surface area contributed by atoms with Crippen molar-refractivity contribution in [3.8, 4) is 16.9 Å². The minimum atomic E-state index is -4.67.